The molecule has 3 nitrogen and oxygen atoms in total. The highest BCUT2D eigenvalue weighted by atomic mass is 28.3. The van der Waals surface area contributed by atoms with Crippen LogP contribution in [0.4, 0.5) is 0 Å². The number of rotatable bonds is 3. The predicted molar refractivity (Wildman–Crippen MR) is 84.0 cm³/mol. The molecule has 20 heavy (non-hydrogen) atoms. The maximum atomic E-state index is 10.9. The number of hydrogen-bond donors (Lipinski definition) is 2. The molecule has 4 heteroatoms. The van der Waals surface area contributed by atoms with Gasteiger partial charge >= 0.3 is 0 Å². The first-order valence-corrected chi connectivity index (χ1v) is 10.2. The predicted octanol–water partition coefficient (Wildman–Crippen LogP) is 1.89. The van der Waals surface area contributed by atoms with Crippen LogP contribution in [0.5, 0.6) is 0 Å². The third-order valence-electron chi connectivity index (χ3n) is 5.59. The van der Waals surface area contributed by atoms with Gasteiger partial charge in [-0.15, -0.1) is 0 Å². The van der Waals surface area contributed by atoms with Gasteiger partial charge in [0.15, 0.2) is 0 Å². The van der Waals surface area contributed by atoms with Crippen LogP contribution in [0.2, 0.25) is 18.1 Å². The average Bonchev–Trinajstić information content (AvgIpc) is 2.62. The lowest BCUT2D eigenvalue weighted by atomic mass is 9.90. The van der Waals surface area contributed by atoms with Gasteiger partial charge in [0.05, 0.1) is 26.9 Å². The summed E-state index contributed by atoms with van der Waals surface area (Å²) in [5.41, 5.74) is -0.868. The first-order chi connectivity index (χ1) is 9.20. The quantitative estimate of drug-likeness (QED) is 0.837. The summed E-state index contributed by atoms with van der Waals surface area (Å²) >= 11 is 0. The molecule has 1 aromatic rings. The molecular formula is C16H26O3Si. The Morgan fingerprint density at radius 1 is 1.20 bits per heavy atom. The maximum absolute atomic E-state index is 10.9. The monoisotopic (exact) mass is 294 g/mol. The smallest absolute Gasteiger partial charge is 0.115 e. The Bertz CT molecular complexity index is 476. The van der Waals surface area contributed by atoms with Crippen LogP contribution in [0.25, 0.3) is 0 Å². The third kappa shape index (κ3) is 1.97. The van der Waals surface area contributed by atoms with E-state index in [0.29, 0.717) is 0 Å². The Hall–Kier alpha value is -0.683. The molecule has 0 bridgehead atoms. The second-order valence-electron chi connectivity index (χ2n) is 6.91. The number of ether oxygens (including phenoxy) is 1. The summed E-state index contributed by atoms with van der Waals surface area (Å²) in [6.45, 7) is 10.3. The number of hydrogen-bond acceptors (Lipinski definition) is 3. The lowest BCUT2D eigenvalue weighted by Gasteiger charge is -2.45. The van der Waals surface area contributed by atoms with E-state index >= 15 is 0 Å². The van der Waals surface area contributed by atoms with Crippen molar-refractivity contribution in [3.8, 4) is 0 Å². The van der Waals surface area contributed by atoms with Crippen LogP contribution in [0.3, 0.4) is 0 Å². The molecule has 0 spiro atoms. The van der Waals surface area contributed by atoms with Crippen molar-refractivity contribution in [1.82, 2.24) is 0 Å². The van der Waals surface area contributed by atoms with Gasteiger partial charge in [0.2, 0.25) is 0 Å². The van der Waals surface area contributed by atoms with Crippen molar-refractivity contribution < 1.29 is 14.9 Å². The molecule has 1 aliphatic rings. The molecule has 0 unspecified atom stereocenters. The molecule has 0 aliphatic carbocycles. The zero-order valence-corrected chi connectivity index (χ0v) is 14.1. The highest BCUT2D eigenvalue weighted by Crippen LogP contribution is 2.55. The van der Waals surface area contributed by atoms with Crippen molar-refractivity contribution in [3.05, 3.63) is 30.3 Å². The van der Waals surface area contributed by atoms with Crippen molar-refractivity contribution in [2.45, 2.75) is 56.7 Å². The minimum atomic E-state index is -1.99. The molecule has 1 heterocycles. The van der Waals surface area contributed by atoms with Crippen LogP contribution < -0.4 is 5.19 Å². The van der Waals surface area contributed by atoms with E-state index in [1.807, 2.05) is 25.1 Å². The second kappa shape index (κ2) is 4.95. The lowest BCUT2D eigenvalue weighted by Crippen LogP contribution is -2.60. The van der Waals surface area contributed by atoms with E-state index < -0.39 is 19.8 Å². The van der Waals surface area contributed by atoms with Crippen LogP contribution in [-0.4, -0.2) is 42.7 Å². The van der Waals surface area contributed by atoms with Gasteiger partial charge in [0, 0.05) is 5.04 Å². The Labute approximate surface area is 122 Å². The number of aliphatic hydroxyl groups is 2. The van der Waals surface area contributed by atoms with Crippen molar-refractivity contribution in [2.75, 3.05) is 6.61 Å². The van der Waals surface area contributed by atoms with E-state index in [4.69, 9.17) is 4.74 Å². The Balaban J connectivity index is 2.49. The zero-order valence-electron chi connectivity index (χ0n) is 13.1. The molecule has 0 saturated carbocycles. The Morgan fingerprint density at radius 2 is 1.75 bits per heavy atom. The van der Waals surface area contributed by atoms with Gasteiger partial charge in [-0.1, -0.05) is 55.5 Å². The van der Waals surface area contributed by atoms with Gasteiger partial charge in [-0.25, -0.2) is 0 Å². The number of benzene rings is 1. The molecule has 1 aromatic carbocycles. The van der Waals surface area contributed by atoms with Crippen LogP contribution in [-0.2, 0) is 4.74 Å². The van der Waals surface area contributed by atoms with Gasteiger partial charge in [-0.2, -0.15) is 0 Å². The average molecular weight is 294 g/mol. The first-order valence-electron chi connectivity index (χ1n) is 7.22. The molecule has 4 atom stereocenters. The number of aliphatic hydroxyl groups excluding tert-OH is 2. The van der Waals surface area contributed by atoms with Crippen molar-refractivity contribution in [3.63, 3.8) is 0 Å². The molecule has 2 N–H and O–H groups in total. The molecule has 1 aliphatic heterocycles. The minimum absolute atomic E-state index is 0.0866. The summed E-state index contributed by atoms with van der Waals surface area (Å²) < 4.78 is 5.97. The first kappa shape index (κ1) is 15.7. The van der Waals surface area contributed by atoms with Gasteiger partial charge in [0.1, 0.15) is 5.60 Å². The minimum Gasteiger partial charge on any atom is -0.393 e. The van der Waals surface area contributed by atoms with Crippen molar-refractivity contribution >= 4 is 13.3 Å². The Kier molecular flexibility index (Phi) is 3.88. The summed E-state index contributed by atoms with van der Waals surface area (Å²) in [6, 6.07) is 10.4. The molecular weight excluding hydrogens is 268 g/mol. The summed E-state index contributed by atoms with van der Waals surface area (Å²) in [4.78, 5) is 0. The molecule has 1 fully saturated rings. The van der Waals surface area contributed by atoms with Crippen molar-refractivity contribution in [1.29, 1.82) is 0 Å². The van der Waals surface area contributed by atoms with Gasteiger partial charge in [-0.05, 0) is 13.8 Å². The van der Waals surface area contributed by atoms with Crippen LogP contribution >= 0.6 is 0 Å². The molecule has 2 rings (SSSR count). The zero-order chi connectivity index (χ0) is 15.2. The maximum Gasteiger partial charge on any atom is 0.115 e. The fourth-order valence-corrected chi connectivity index (χ4v) is 7.30. The van der Waals surface area contributed by atoms with Crippen LogP contribution in [0.15, 0.2) is 30.3 Å². The summed E-state index contributed by atoms with van der Waals surface area (Å²) in [5, 5.41) is 21.5. The fraction of sp³-hybridized carbons (Fsp3) is 0.625. The highest BCUT2D eigenvalue weighted by Gasteiger charge is 2.63. The topological polar surface area (TPSA) is 49.7 Å². The molecule has 0 radical (unpaired) electrons. The summed E-state index contributed by atoms with van der Waals surface area (Å²) in [5.74, 6) is 0. The Morgan fingerprint density at radius 3 is 2.20 bits per heavy atom. The van der Waals surface area contributed by atoms with E-state index in [2.05, 4.69) is 32.2 Å². The fourth-order valence-electron chi connectivity index (χ4n) is 3.59. The molecule has 0 amide bonds. The van der Waals surface area contributed by atoms with E-state index in [0.717, 1.165) is 0 Å². The molecule has 0 aromatic heterocycles. The third-order valence-corrected chi connectivity index (χ3v) is 10.7. The standard InChI is InChI=1S/C16H26O3Si/c1-12-16(3,14(18)15(2,11-17)19-12)20(4,5)13-9-7-6-8-10-13/h6-10,12,14,17-18H,11H2,1-5H3/t12-,14-,15-,16-/m0/s1. The van der Waals surface area contributed by atoms with Gasteiger partial charge in [-0.3, -0.25) is 0 Å². The highest BCUT2D eigenvalue weighted by molar-refractivity contribution is 6.92. The summed E-state index contributed by atoms with van der Waals surface area (Å²) in [7, 11) is -1.99. The second-order valence-corrected chi connectivity index (χ2v) is 11.8. The van der Waals surface area contributed by atoms with Crippen LogP contribution in [0.1, 0.15) is 20.8 Å². The van der Waals surface area contributed by atoms with E-state index in [-0.39, 0.29) is 17.7 Å². The van der Waals surface area contributed by atoms with E-state index in [9.17, 15) is 10.2 Å². The normalized spacial score (nSPS) is 38.1. The molecule has 112 valence electrons. The summed E-state index contributed by atoms with van der Waals surface area (Å²) in [6.07, 6.45) is -0.756. The largest absolute Gasteiger partial charge is 0.393 e. The molecule has 1 saturated heterocycles. The van der Waals surface area contributed by atoms with Crippen molar-refractivity contribution in [2.24, 2.45) is 0 Å². The van der Waals surface area contributed by atoms with E-state index in [1.54, 1.807) is 6.92 Å². The van der Waals surface area contributed by atoms with Crippen LogP contribution in [0, 0.1) is 0 Å². The van der Waals surface area contributed by atoms with Gasteiger partial charge in [0.25, 0.3) is 0 Å². The van der Waals surface area contributed by atoms with Gasteiger partial charge < -0.3 is 14.9 Å². The van der Waals surface area contributed by atoms with E-state index in [1.165, 1.54) is 5.19 Å². The SMILES string of the molecule is C[C@@H]1O[C@@](C)(CO)[C@H](O)[C@@]1(C)[Si](C)(C)c1ccccc1. The lowest BCUT2D eigenvalue weighted by molar-refractivity contribution is -0.0947.